The number of amides is 4. The topological polar surface area (TPSA) is 139 Å². The maximum atomic E-state index is 13.9. The van der Waals surface area contributed by atoms with Crippen molar-refractivity contribution in [3.05, 3.63) is 34.3 Å². The molecule has 2 N–H and O–H groups in total. The normalized spacial score (nSPS) is 31.3. The number of quaternary nitrogens is 1. The summed E-state index contributed by atoms with van der Waals surface area (Å²) in [6, 6.07) is 4.75. The van der Waals surface area contributed by atoms with Gasteiger partial charge in [-0.05, 0) is 50.0 Å². The minimum absolute atomic E-state index is 0.0133. The van der Waals surface area contributed by atoms with Gasteiger partial charge in [0.05, 0.1) is 11.4 Å². The molecule has 0 aromatic heterocycles. The molecule has 11 nitrogen and oxygen atoms in total. The zero-order valence-electron chi connectivity index (χ0n) is 25.8. The molecular weight excluding hydrogens is 620 g/mol. The standard InChI is InChI=1S/C32H43ClN4O7S/c1-2-23-15-32(23,31(41)35-45(42,43)25-11-12-25)34-30(40)28-14-24(16-36(28)29(39)13-21-7-4-3-5-8-21)44-20-37(19-38)17-22-9-6-10-27(33)26(22)18-37/h6,9-10,19,21,23-25,28H,2-5,7-8,11-18,20H2,1H3,(H-,34,35,40,41)/p+1/t23-,24-,28+,32-,37?/m1/s1. The lowest BCUT2D eigenvalue weighted by Gasteiger charge is -2.29. The van der Waals surface area contributed by atoms with E-state index in [1.165, 1.54) is 6.42 Å². The van der Waals surface area contributed by atoms with Crippen LogP contribution in [-0.4, -0.2) is 78.1 Å². The van der Waals surface area contributed by atoms with Gasteiger partial charge >= 0.3 is 6.41 Å². The van der Waals surface area contributed by atoms with Gasteiger partial charge in [-0.3, -0.25) is 19.1 Å². The highest BCUT2D eigenvalue weighted by atomic mass is 35.5. The van der Waals surface area contributed by atoms with Crippen LogP contribution in [0.1, 0.15) is 88.7 Å². The number of hydrogen-bond donors (Lipinski definition) is 2. The van der Waals surface area contributed by atoms with Crippen LogP contribution < -0.4 is 10.0 Å². The van der Waals surface area contributed by atoms with Gasteiger partial charge in [-0.25, -0.2) is 17.7 Å². The first-order valence-corrected chi connectivity index (χ1v) is 18.3. The van der Waals surface area contributed by atoms with E-state index in [0.717, 1.165) is 43.2 Å². The highest BCUT2D eigenvalue weighted by Gasteiger charge is 2.62. The Morgan fingerprint density at radius 2 is 1.89 bits per heavy atom. The van der Waals surface area contributed by atoms with Crippen molar-refractivity contribution in [2.45, 2.75) is 114 Å². The molecule has 5 atom stereocenters. The third-order valence-corrected chi connectivity index (χ3v) is 12.8. The molecule has 1 saturated heterocycles. The van der Waals surface area contributed by atoms with Gasteiger partial charge in [-0.2, -0.15) is 0 Å². The summed E-state index contributed by atoms with van der Waals surface area (Å²) in [5.74, 6) is -1.23. The maximum absolute atomic E-state index is 13.9. The minimum atomic E-state index is -3.79. The summed E-state index contributed by atoms with van der Waals surface area (Å²) in [4.78, 5) is 54.9. The summed E-state index contributed by atoms with van der Waals surface area (Å²) in [6.45, 7) is 3.01. The first-order chi connectivity index (χ1) is 21.5. The van der Waals surface area contributed by atoms with Gasteiger partial charge in [-0.15, -0.1) is 0 Å². The van der Waals surface area contributed by atoms with Crippen molar-refractivity contribution < 1.29 is 36.8 Å². The molecule has 2 heterocycles. The fraction of sp³-hybridized carbons (Fsp3) is 0.688. The maximum Gasteiger partial charge on any atom is 0.303 e. The number of ether oxygens (including phenoxy) is 1. The van der Waals surface area contributed by atoms with Crippen molar-refractivity contribution in [2.24, 2.45) is 11.8 Å². The van der Waals surface area contributed by atoms with Gasteiger partial charge < -0.3 is 15.0 Å². The second kappa shape index (κ2) is 12.6. The number of nitrogens with one attached hydrogen (secondary N) is 2. The molecule has 1 aromatic carbocycles. The van der Waals surface area contributed by atoms with Crippen LogP contribution in [0.2, 0.25) is 5.02 Å². The Balaban J connectivity index is 1.16. The molecule has 246 valence electrons. The molecule has 4 amide bonds. The van der Waals surface area contributed by atoms with Crippen LogP contribution in [-0.2, 0) is 47.0 Å². The summed E-state index contributed by atoms with van der Waals surface area (Å²) in [5.41, 5.74) is 0.594. The lowest BCUT2D eigenvalue weighted by molar-refractivity contribution is -0.886. The van der Waals surface area contributed by atoms with E-state index in [0.29, 0.717) is 50.2 Å². The summed E-state index contributed by atoms with van der Waals surface area (Å²) in [5, 5.41) is 2.94. The average molecular weight is 664 g/mol. The number of fused-ring (bicyclic) bond motifs is 1. The average Bonchev–Trinajstić information content (AvgIpc) is 3.92. The van der Waals surface area contributed by atoms with Gasteiger partial charge in [0.1, 0.15) is 24.7 Å². The van der Waals surface area contributed by atoms with E-state index in [2.05, 4.69) is 10.0 Å². The minimum Gasteiger partial charge on any atom is -0.340 e. The number of likely N-dealkylation sites (tertiary alicyclic amines) is 1. The lowest BCUT2D eigenvalue weighted by Crippen LogP contribution is -2.56. The zero-order valence-corrected chi connectivity index (χ0v) is 27.4. The Morgan fingerprint density at radius 1 is 1.13 bits per heavy atom. The monoisotopic (exact) mass is 663 g/mol. The third-order valence-electron chi connectivity index (χ3n) is 10.6. The summed E-state index contributed by atoms with van der Waals surface area (Å²) in [6.07, 6.45) is 8.22. The van der Waals surface area contributed by atoms with Crippen LogP contribution in [0.5, 0.6) is 0 Å². The predicted molar refractivity (Wildman–Crippen MR) is 166 cm³/mol. The van der Waals surface area contributed by atoms with Crippen molar-refractivity contribution in [3.63, 3.8) is 0 Å². The van der Waals surface area contributed by atoms with E-state index >= 15 is 0 Å². The number of carbonyl (C=O) groups excluding carboxylic acids is 4. The molecule has 4 fully saturated rings. The zero-order chi connectivity index (χ0) is 32.0. The van der Waals surface area contributed by atoms with E-state index in [9.17, 15) is 27.6 Å². The molecule has 1 unspecified atom stereocenters. The third kappa shape index (κ3) is 6.66. The number of hydrogen-bond acceptors (Lipinski definition) is 7. The van der Waals surface area contributed by atoms with E-state index in [1.807, 2.05) is 19.1 Å². The highest BCUT2D eigenvalue weighted by molar-refractivity contribution is 7.91. The van der Waals surface area contributed by atoms with E-state index < -0.39 is 44.8 Å². The largest absolute Gasteiger partial charge is 0.340 e. The van der Waals surface area contributed by atoms with Gasteiger partial charge in [0.25, 0.3) is 5.91 Å². The van der Waals surface area contributed by atoms with Crippen LogP contribution in [0.15, 0.2) is 18.2 Å². The first kappa shape index (κ1) is 32.4. The number of nitrogens with zero attached hydrogens (tertiary/aromatic N) is 2. The number of sulfonamides is 1. The Bertz CT molecular complexity index is 1460. The number of carbonyl (C=O) groups is 4. The highest BCUT2D eigenvalue weighted by Crippen LogP contribution is 2.47. The van der Waals surface area contributed by atoms with Crippen LogP contribution in [0.25, 0.3) is 0 Å². The molecule has 1 aromatic rings. The lowest BCUT2D eigenvalue weighted by atomic mass is 9.86. The van der Waals surface area contributed by atoms with Crippen molar-refractivity contribution in [1.29, 1.82) is 0 Å². The molecular formula is C32H44ClN4O7S+. The second-order valence-electron chi connectivity index (χ2n) is 13.9. The summed E-state index contributed by atoms with van der Waals surface area (Å²) < 4.78 is 33.7. The fourth-order valence-electron chi connectivity index (χ4n) is 7.58. The molecule has 13 heteroatoms. The fourth-order valence-corrected chi connectivity index (χ4v) is 9.20. The molecule has 6 rings (SSSR count). The van der Waals surface area contributed by atoms with Gasteiger partial charge in [0.2, 0.25) is 21.8 Å². The quantitative estimate of drug-likeness (QED) is 0.259. The molecule has 5 aliphatic rings. The second-order valence-corrected chi connectivity index (χ2v) is 16.3. The van der Waals surface area contributed by atoms with Gasteiger partial charge in [-0.1, -0.05) is 56.3 Å². The van der Waals surface area contributed by atoms with Crippen LogP contribution in [0.4, 0.5) is 0 Å². The molecule has 3 saturated carbocycles. The van der Waals surface area contributed by atoms with Crippen molar-refractivity contribution in [2.75, 3.05) is 13.3 Å². The van der Waals surface area contributed by atoms with E-state index in [4.69, 9.17) is 16.3 Å². The van der Waals surface area contributed by atoms with E-state index in [-0.39, 0.29) is 41.9 Å². The molecule has 0 bridgehead atoms. The Labute approximate surface area is 270 Å². The molecule has 3 aliphatic carbocycles. The Morgan fingerprint density at radius 3 is 2.53 bits per heavy atom. The van der Waals surface area contributed by atoms with E-state index in [1.54, 1.807) is 11.0 Å². The van der Waals surface area contributed by atoms with Crippen LogP contribution in [0, 0.1) is 11.8 Å². The number of benzene rings is 1. The Kier molecular flexibility index (Phi) is 9.06. The number of rotatable bonds is 12. The SMILES string of the molecule is CC[C@@H]1C[C@]1(NC(=O)[C@@H]1C[C@@H](OC[N+]2(C=O)Cc3cccc(Cl)c3C2)CN1C(=O)CC1CCCCC1)C(=O)NS(=O)(=O)C1CC1. The molecule has 0 spiro atoms. The smallest absolute Gasteiger partial charge is 0.303 e. The molecule has 0 radical (unpaired) electrons. The van der Waals surface area contributed by atoms with Crippen molar-refractivity contribution in [1.82, 2.24) is 14.9 Å². The number of halogens is 1. The summed E-state index contributed by atoms with van der Waals surface area (Å²) in [7, 11) is -3.79. The molecule has 2 aliphatic heterocycles. The van der Waals surface area contributed by atoms with Gasteiger partial charge in [0, 0.05) is 35.5 Å². The van der Waals surface area contributed by atoms with Crippen LogP contribution in [0.3, 0.4) is 0 Å². The first-order valence-electron chi connectivity index (χ1n) is 16.4. The van der Waals surface area contributed by atoms with Crippen LogP contribution >= 0.6 is 11.6 Å². The van der Waals surface area contributed by atoms with Gasteiger partial charge in [0.15, 0.2) is 6.73 Å². The van der Waals surface area contributed by atoms with Crippen molar-refractivity contribution >= 4 is 45.8 Å². The summed E-state index contributed by atoms with van der Waals surface area (Å²) >= 11 is 6.41. The Hall–Kier alpha value is -2.54. The van der Waals surface area contributed by atoms with Crippen molar-refractivity contribution in [3.8, 4) is 0 Å². The molecule has 45 heavy (non-hydrogen) atoms. The predicted octanol–water partition coefficient (Wildman–Crippen LogP) is 3.13.